The predicted molar refractivity (Wildman–Crippen MR) is 128 cm³/mol. The quantitative estimate of drug-likeness (QED) is 0.515. The molecule has 166 valence electrons. The molecule has 32 heavy (non-hydrogen) atoms. The SMILES string of the molecule is O=C(NCC1C2CCC1(Cc1ccccc1)CNC2)C(O)(c1ccccc1)c1cccs1. The molecule has 2 aliphatic rings. The molecule has 2 fully saturated rings. The van der Waals surface area contributed by atoms with Crippen LogP contribution in [0.4, 0.5) is 0 Å². The van der Waals surface area contributed by atoms with Crippen molar-refractivity contribution in [1.29, 1.82) is 0 Å². The Labute approximate surface area is 193 Å². The number of hydrogen-bond acceptors (Lipinski definition) is 4. The topological polar surface area (TPSA) is 61.4 Å². The van der Waals surface area contributed by atoms with Gasteiger partial charge in [0, 0.05) is 13.1 Å². The van der Waals surface area contributed by atoms with Crippen molar-refractivity contribution in [3.8, 4) is 0 Å². The number of hydrogen-bond donors (Lipinski definition) is 3. The monoisotopic (exact) mass is 446 g/mol. The van der Waals surface area contributed by atoms with E-state index < -0.39 is 5.60 Å². The van der Waals surface area contributed by atoms with Crippen LogP contribution in [0.5, 0.6) is 0 Å². The van der Waals surface area contributed by atoms with Gasteiger partial charge in [0.25, 0.3) is 5.91 Å². The summed E-state index contributed by atoms with van der Waals surface area (Å²) in [6.07, 6.45) is 3.38. The van der Waals surface area contributed by atoms with Gasteiger partial charge in [-0.15, -0.1) is 11.3 Å². The maximum atomic E-state index is 13.5. The molecule has 1 saturated heterocycles. The van der Waals surface area contributed by atoms with Crippen molar-refractivity contribution in [3.05, 3.63) is 94.2 Å². The number of carbonyl (C=O) groups is 1. The molecule has 3 aromatic rings. The third kappa shape index (κ3) is 3.79. The minimum atomic E-state index is -1.67. The average Bonchev–Trinajstić information content (AvgIpc) is 3.43. The van der Waals surface area contributed by atoms with Crippen LogP contribution in [0.2, 0.25) is 0 Å². The minimum absolute atomic E-state index is 0.144. The molecule has 4 nitrogen and oxygen atoms in total. The summed E-state index contributed by atoms with van der Waals surface area (Å²) in [5.41, 5.74) is 0.430. The van der Waals surface area contributed by atoms with Crippen LogP contribution in [0.15, 0.2) is 78.2 Å². The fourth-order valence-electron chi connectivity index (χ4n) is 5.88. The van der Waals surface area contributed by atoms with Crippen LogP contribution in [0.1, 0.15) is 28.8 Å². The standard InChI is InChI=1S/C27H30N2O2S/c30-25(27(31,24-12-7-15-32-24)22-10-5-2-6-11-22)29-18-23-21-13-14-26(23,19-28-17-21)16-20-8-3-1-4-9-20/h1-12,15,21,23,28,31H,13-14,16-19H2,(H,29,30). The zero-order chi connectivity index (χ0) is 22.0. The molecule has 1 aromatic heterocycles. The van der Waals surface area contributed by atoms with Gasteiger partial charge in [-0.25, -0.2) is 0 Å². The molecular formula is C27H30N2O2S. The van der Waals surface area contributed by atoms with Crippen molar-refractivity contribution in [1.82, 2.24) is 10.6 Å². The first-order valence-corrected chi connectivity index (χ1v) is 12.3. The van der Waals surface area contributed by atoms with Gasteiger partial charge in [-0.05, 0) is 65.6 Å². The van der Waals surface area contributed by atoms with E-state index >= 15 is 0 Å². The van der Waals surface area contributed by atoms with Crippen LogP contribution in [-0.2, 0) is 16.8 Å². The first-order chi connectivity index (χ1) is 15.6. The molecule has 4 unspecified atom stereocenters. The molecule has 4 atom stereocenters. The van der Waals surface area contributed by atoms with Crippen LogP contribution < -0.4 is 10.6 Å². The van der Waals surface area contributed by atoms with Gasteiger partial charge in [-0.2, -0.15) is 0 Å². The van der Waals surface area contributed by atoms with E-state index in [1.165, 1.54) is 29.7 Å². The second kappa shape index (κ2) is 8.81. The van der Waals surface area contributed by atoms with Gasteiger partial charge in [-0.1, -0.05) is 66.7 Å². The molecule has 2 bridgehead atoms. The number of aliphatic hydroxyl groups is 1. The lowest BCUT2D eigenvalue weighted by molar-refractivity contribution is -0.137. The summed E-state index contributed by atoms with van der Waals surface area (Å²) >= 11 is 1.41. The molecule has 0 radical (unpaired) electrons. The van der Waals surface area contributed by atoms with Gasteiger partial charge >= 0.3 is 0 Å². The third-order valence-corrected chi connectivity index (χ3v) is 8.51. The van der Waals surface area contributed by atoms with Crippen LogP contribution in [-0.4, -0.2) is 30.6 Å². The Hall–Kier alpha value is -2.47. The molecule has 3 N–H and O–H groups in total. The average molecular weight is 447 g/mol. The minimum Gasteiger partial charge on any atom is -0.371 e. The number of piperidine rings is 1. The van der Waals surface area contributed by atoms with E-state index in [0.717, 1.165) is 19.5 Å². The smallest absolute Gasteiger partial charge is 0.262 e. The van der Waals surface area contributed by atoms with Crippen molar-refractivity contribution in [2.24, 2.45) is 17.3 Å². The zero-order valence-electron chi connectivity index (χ0n) is 18.2. The number of carbonyl (C=O) groups excluding carboxylic acids is 1. The fourth-order valence-corrected chi connectivity index (χ4v) is 6.72. The summed E-state index contributed by atoms with van der Waals surface area (Å²) < 4.78 is 0. The number of fused-ring (bicyclic) bond motifs is 2. The summed E-state index contributed by atoms with van der Waals surface area (Å²) in [7, 11) is 0. The van der Waals surface area contributed by atoms with Gasteiger partial charge in [-0.3, -0.25) is 4.79 Å². The van der Waals surface area contributed by atoms with Gasteiger partial charge in [0.05, 0.1) is 4.88 Å². The van der Waals surface area contributed by atoms with E-state index in [2.05, 4.69) is 41.0 Å². The molecule has 2 aromatic carbocycles. The van der Waals surface area contributed by atoms with Gasteiger partial charge < -0.3 is 15.7 Å². The number of amides is 1. The van der Waals surface area contributed by atoms with Crippen LogP contribution in [0.3, 0.4) is 0 Å². The Morgan fingerprint density at radius 2 is 1.84 bits per heavy atom. The second-order valence-electron chi connectivity index (χ2n) is 9.32. The van der Waals surface area contributed by atoms with E-state index in [1.54, 1.807) is 0 Å². The first-order valence-electron chi connectivity index (χ1n) is 11.5. The van der Waals surface area contributed by atoms with Crippen molar-refractivity contribution in [3.63, 3.8) is 0 Å². The molecule has 5 rings (SSSR count). The van der Waals surface area contributed by atoms with Crippen LogP contribution >= 0.6 is 11.3 Å². The Bertz CT molecular complexity index is 1040. The van der Waals surface area contributed by atoms with Crippen molar-refractivity contribution >= 4 is 17.2 Å². The lowest BCUT2D eigenvalue weighted by Crippen LogP contribution is -2.53. The predicted octanol–water partition coefficient (Wildman–Crippen LogP) is 3.96. The fraction of sp³-hybridized carbons (Fsp3) is 0.370. The van der Waals surface area contributed by atoms with E-state index in [4.69, 9.17) is 0 Å². The Kier molecular flexibility index (Phi) is 5.89. The van der Waals surface area contributed by atoms with E-state index in [-0.39, 0.29) is 11.3 Å². The van der Waals surface area contributed by atoms with Crippen molar-refractivity contribution in [2.75, 3.05) is 19.6 Å². The number of nitrogens with one attached hydrogen (secondary N) is 2. The molecule has 1 saturated carbocycles. The molecule has 1 amide bonds. The van der Waals surface area contributed by atoms with E-state index in [0.29, 0.717) is 28.8 Å². The van der Waals surface area contributed by atoms with Gasteiger partial charge in [0.2, 0.25) is 5.60 Å². The van der Waals surface area contributed by atoms with Crippen LogP contribution in [0.25, 0.3) is 0 Å². The molecule has 0 spiro atoms. The molecular weight excluding hydrogens is 416 g/mol. The van der Waals surface area contributed by atoms with Crippen LogP contribution in [0, 0.1) is 17.3 Å². The summed E-state index contributed by atoms with van der Waals surface area (Å²) in [6, 6.07) is 23.7. The highest BCUT2D eigenvalue weighted by Gasteiger charge is 2.51. The summed E-state index contributed by atoms with van der Waals surface area (Å²) in [5.74, 6) is 0.620. The number of rotatable bonds is 7. The third-order valence-electron chi connectivity index (χ3n) is 7.53. The Balaban J connectivity index is 1.38. The summed E-state index contributed by atoms with van der Waals surface area (Å²) in [4.78, 5) is 14.2. The highest BCUT2D eigenvalue weighted by atomic mass is 32.1. The Morgan fingerprint density at radius 1 is 1.09 bits per heavy atom. The first kappa shape index (κ1) is 21.4. The lowest BCUT2D eigenvalue weighted by Gasteiger charge is -2.42. The molecule has 1 aliphatic carbocycles. The van der Waals surface area contributed by atoms with Gasteiger partial charge in [0.15, 0.2) is 0 Å². The van der Waals surface area contributed by atoms with Crippen molar-refractivity contribution < 1.29 is 9.90 Å². The largest absolute Gasteiger partial charge is 0.371 e. The highest BCUT2D eigenvalue weighted by Crippen LogP contribution is 2.50. The molecule has 5 heteroatoms. The summed E-state index contributed by atoms with van der Waals surface area (Å²) in [6.45, 7) is 2.58. The Morgan fingerprint density at radius 3 is 2.56 bits per heavy atom. The maximum absolute atomic E-state index is 13.5. The highest BCUT2D eigenvalue weighted by molar-refractivity contribution is 7.10. The molecule has 1 aliphatic heterocycles. The second-order valence-corrected chi connectivity index (χ2v) is 10.3. The van der Waals surface area contributed by atoms with Crippen molar-refractivity contribution in [2.45, 2.75) is 24.9 Å². The number of thiophene rings is 1. The number of benzene rings is 2. The zero-order valence-corrected chi connectivity index (χ0v) is 19.0. The van der Waals surface area contributed by atoms with Gasteiger partial charge in [0.1, 0.15) is 0 Å². The summed E-state index contributed by atoms with van der Waals surface area (Å²) in [5, 5.41) is 20.4. The van der Waals surface area contributed by atoms with E-state index in [1.807, 2.05) is 47.8 Å². The van der Waals surface area contributed by atoms with E-state index in [9.17, 15) is 9.90 Å². The molecule has 2 heterocycles. The maximum Gasteiger partial charge on any atom is 0.262 e. The lowest BCUT2D eigenvalue weighted by atomic mass is 9.69. The normalized spacial score (nSPS) is 26.4.